The fraction of sp³-hybridized carbons (Fsp3) is 0. The second-order valence-electron chi connectivity index (χ2n) is 7.33. The molecule has 0 saturated heterocycles. The van der Waals surface area contributed by atoms with E-state index in [1.54, 1.807) is 36.8 Å². The standard InChI is InChI=1S/C22H15N11O/c34-22(29-15-3-6-25-26-11-15)17-8-13-9-24-21(32-19(13)30-17)20-23-5-4-18(31-20)28-14-1-2-16-12(7-14)10-27-33-16/h1-11H,(H,27,33)(H,23,28,31)(H,24,30,32)(H,25,29,34). The van der Waals surface area contributed by atoms with Gasteiger partial charge in [-0.3, -0.25) is 9.89 Å². The van der Waals surface area contributed by atoms with Crippen molar-refractivity contribution in [3.63, 3.8) is 0 Å². The fourth-order valence-electron chi connectivity index (χ4n) is 3.41. The summed E-state index contributed by atoms with van der Waals surface area (Å²) in [6.45, 7) is 0. The number of benzene rings is 1. The van der Waals surface area contributed by atoms with E-state index in [0.717, 1.165) is 16.6 Å². The zero-order chi connectivity index (χ0) is 22.9. The molecule has 1 amide bonds. The highest BCUT2D eigenvalue weighted by atomic mass is 16.1. The molecule has 5 aromatic heterocycles. The van der Waals surface area contributed by atoms with E-state index < -0.39 is 0 Å². The molecule has 34 heavy (non-hydrogen) atoms. The average molecular weight is 449 g/mol. The maximum atomic E-state index is 12.5. The lowest BCUT2D eigenvalue weighted by molar-refractivity contribution is 0.102. The first-order chi connectivity index (χ1) is 16.7. The van der Waals surface area contributed by atoms with Crippen LogP contribution >= 0.6 is 0 Å². The molecule has 164 valence electrons. The third-order valence-electron chi connectivity index (χ3n) is 5.02. The summed E-state index contributed by atoms with van der Waals surface area (Å²) in [5, 5.41) is 22.1. The van der Waals surface area contributed by atoms with Crippen LogP contribution in [0.5, 0.6) is 0 Å². The number of amides is 1. The fourth-order valence-corrected chi connectivity index (χ4v) is 3.41. The molecular formula is C22H15N11O. The van der Waals surface area contributed by atoms with Gasteiger partial charge < -0.3 is 15.6 Å². The minimum atomic E-state index is -0.329. The average Bonchev–Trinajstić information content (AvgIpc) is 3.51. The Kier molecular flexibility index (Phi) is 4.58. The van der Waals surface area contributed by atoms with Crippen molar-refractivity contribution in [3.8, 4) is 11.6 Å². The van der Waals surface area contributed by atoms with Gasteiger partial charge in [0.15, 0.2) is 11.6 Å². The number of aromatic amines is 2. The summed E-state index contributed by atoms with van der Waals surface area (Å²) in [6, 6.07) is 10.9. The molecule has 4 N–H and O–H groups in total. The van der Waals surface area contributed by atoms with Crippen molar-refractivity contribution < 1.29 is 4.79 Å². The monoisotopic (exact) mass is 449 g/mol. The lowest BCUT2D eigenvalue weighted by Gasteiger charge is -2.06. The smallest absolute Gasteiger partial charge is 0.272 e. The highest BCUT2D eigenvalue weighted by Crippen LogP contribution is 2.22. The van der Waals surface area contributed by atoms with Crippen molar-refractivity contribution in [3.05, 3.63) is 73.1 Å². The summed E-state index contributed by atoms with van der Waals surface area (Å²) in [5.41, 5.74) is 3.18. The molecule has 12 nitrogen and oxygen atoms in total. The van der Waals surface area contributed by atoms with Crippen LogP contribution in [0.4, 0.5) is 17.2 Å². The van der Waals surface area contributed by atoms with E-state index in [4.69, 9.17) is 0 Å². The van der Waals surface area contributed by atoms with Crippen molar-refractivity contribution in [2.45, 2.75) is 0 Å². The van der Waals surface area contributed by atoms with Gasteiger partial charge in [0.2, 0.25) is 0 Å². The number of carbonyl (C=O) groups is 1. The molecule has 0 spiro atoms. The van der Waals surface area contributed by atoms with Crippen LogP contribution in [0, 0.1) is 0 Å². The molecule has 6 rings (SSSR count). The largest absolute Gasteiger partial charge is 0.340 e. The molecule has 0 aliphatic rings. The molecule has 0 aliphatic heterocycles. The number of H-pyrrole nitrogens is 2. The Morgan fingerprint density at radius 1 is 0.824 bits per heavy atom. The molecule has 0 unspecified atom stereocenters. The predicted molar refractivity (Wildman–Crippen MR) is 124 cm³/mol. The van der Waals surface area contributed by atoms with E-state index in [2.05, 4.69) is 55.9 Å². The van der Waals surface area contributed by atoms with E-state index >= 15 is 0 Å². The minimum Gasteiger partial charge on any atom is -0.340 e. The van der Waals surface area contributed by atoms with Gasteiger partial charge in [-0.2, -0.15) is 15.3 Å². The van der Waals surface area contributed by atoms with E-state index in [9.17, 15) is 4.79 Å². The molecule has 5 heterocycles. The molecule has 0 bridgehead atoms. The molecule has 0 radical (unpaired) electrons. The highest BCUT2D eigenvalue weighted by molar-refractivity contribution is 6.05. The molecule has 0 fully saturated rings. The van der Waals surface area contributed by atoms with Crippen LogP contribution in [0.2, 0.25) is 0 Å². The Hall–Kier alpha value is -5.26. The van der Waals surface area contributed by atoms with Gasteiger partial charge in [-0.1, -0.05) is 0 Å². The zero-order valence-electron chi connectivity index (χ0n) is 17.4. The Morgan fingerprint density at radius 2 is 1.76 bits per heavy atom. The predicted octanol–water partition coefficient (Wildman–Crippen LogP) is 3.08. The highest BCUT2D eigenvalue weighted by Gasteiger charge is 2.14. The SMILES string of the molecule is O=C(Nc1ccnnc1)c1cc2cnc(-c3nccc(Nc4ccc5[nH]ncc5c4)n3)nc2[nH]1. The van der Waals surface area contributed by atoms with Crippen LogP contribution in [0.15, 0.2) is 67.4 Å². The molecule has 12 heteroatoms. The van der Waals surface area contributed by atoms with Crippen molar-refractivity contribution >= 4 is 45.0 Å². The molecule has 0 atom stereocenters. The molecule has 6 aromatic rings. The third kappa shape index (κ3) is 3.75. The first-order valence-corrected chi connectivity index (χ1v) is 10.2. The van der Waals surface area contributed by atoms with Crippen LogP contribution in [0.1, 0.15) is 10.5 Å². The molecular weight excluding hydrogens is 434 g/mol. The zero-order valence-corrected chi connectivity index (χ0v) is 17.4. The van der Waals surface area contributed by atoms with E-state index in [-0.39, 0.29) is 5.91 Å². The lowest BCUT2D eigenvalue weighted by Crippen LogP contribution is -2.12. The first-order valence-electron chi connectivity index (χ1n) is 10.2. The third-order valence-corrected chi connectivity index (χ3v) is 5.02. The Labute approximate surface area is 190 Å². The Morgan fingerprint density at radius 3 is 2.68 bits per heavy atom. The molecule has 0 saturated carbocycles. The lowest BCUT2D eigenvalue weighted by atomic mass is 10.2. The topological polar surface area (TPSA) is 163 Å². The number of rotatable bonds is 5. The van der Waals surface area contributed by atoms with Crippen LogP contribution in [-0.4, -0.2) is 51.2 Å². The van der Waals surface area contributed by atoms with Gasteiger partial charge in [-0.15, -0.1) is 0 Å². The minimum absolute atomic E-state index is 0.327. The van der Waals surface area contributed by atoms with Crippen molar-refractivity contribution in [2.24, 2.45) is 0 Å². The number of aromatic nitrogens is 9. The van der Waals surface area contributed by atoms with Crippen molar-refractivity contribution in [1.29, 1.82) is 0 Å². The van der Waals surface area contributed by atoms with Gasteiger partial charge in [-0.05, 0) is 36.4 Å². The summed E-state index contributed by atoms with van der Waals surface area (Å²) in [6.07, 6.45) is 7.97. The van der Waals surface area contributed by atoms with Crippen molar-refractivity contribution in [2.75, 3.05) is 10.6 Å². The number of carbonyl (C=O) groups excluding carboxylic acids is 1. The summed E-state index contributed by atoms with van der Waals surface area (Å²) in [4.78, 5) is 33.3. The first kappa shape index (κ1) is 19.4. The Bertz CT molecular complexity index is 1640. The number of hydrogen-bond acceptors (Lipinski definition) is 9. The van der Waals surface area contributed by atoms with E-state index in [1.165, 1.54) is 12.4 Å². The van der Waals surface area contributed by atoms with Crippen LogP contribution in [-0.2, 0) is 0 Å². The van der Waals surface area contributed by atoms with Gasteiger partial charge in [-0.25, -0.2) is 19.9 Å². The van der Waals surface area contributed by atoms with E-state index in [0.29, 0.717) is 39.9 Å². The molecule has 0 aliphatic carbocycles. The summed E-state index contributed by atoms with van der Waals surface area (Å²) in [7, 11) is 0. The van der Waals surface area contributed by atoms with Gasteiger partial charge in [0, 0.05) is 28.9 Å². The number of nitrogens with one attached hydrogen (secondary N) is 4. The summed E-state index contributed by atoms with van der Waals surface area (Å²) in [5.74, 6) is 0.937. The second-order valence-corrected chi connectivity index (χ2v) is 7.33. The normalized spacial score (nSPS) is 11.1. The maximum absolute atomic E-state index is 12.5. The van der Waals surface area contributed by atoms with Crippen LogP contribution in [0.3, 0.4) is 0 Å². The van der Waals surface area contributed by atoms with E-state index in [1.807, 2.05) is 18.2 Å². The quantitative estimate of drug-likeness (QED) is 0.310. The maximum Gasteiger partial charge on any atom is 0.272 e. The van der Waals surface area contributed by atoms with Gasteiger partial charge in [0.1, 0.15) is 17.2 Å². The van der Waals surface area contributed by atoms with Gasteiger partial charge in [0.25, 0.3) is 5.91 Å². The van der Waals surface area contributed by atoms with Gasteiger partial charge >= 0.3 is 0 Å². The number of hydrogen-bond donors (Lipinski definition) is 4. The Balaban J connectivity index is 1.25. The van der Waals surface area contributed by atoms with Crippen LogP contribution < -0.4 is 10.6 Å². The van der Waals surface area contributed by atoms with Gasteiger partial charge in [0.05, 0.1) is 29.8 Å². The molecule has 1 aromatic carbocycles. The number of nitrogens with zero attached hydrogens (tertiary/aromatic N) is 7. The summed E-state index contributed by atoms with van der Waals surface area (Å²) >= 11 is 0. The summed E-state index contributed by atoms with van der Waals surface area (Å²) < 4.78 is 0. The number of anilines is 3. The van der Waals surface area contributed by atoms with Crippen LogP contribution in [0.25, 0.3) is 33.6 Å². The second kappa shape index (κ2) is 8.02. The number of fused-ring (bicyclic) bond motifs is 2. The van der Waals surface area contributed by atoms with Crippen molar-refractivity contribution in [1.82, 2.24) is 45.3 Å².